The van der Waals surface area contributed by atoms with Gasteiger partial charge in [0.1, 0.15) is 0 Å². The third-order valence-corrected chi connectivity index (χ3v) is 0.249. The number of ether oxygens (including phenoxy) is 1. The average Bonchev–Trinajstić information content (AvgIpc) is 1.82. The highest BCUT2D eigenvalue weighted by Crippen LogP contribution is 1.70. The predicted octanol–water partition coefficient (Wildman–Crippen LogP) is 1.55. The summed E-state index contributed by atoms with van der Waals surface area (Å²) in [5, 5.41) is 20.7. The minimum atomic E-state index is -2.33. The summed E-state index contributed by atoms with van der Waals surface area (Å²) in [6.45, 7) is 4.48. The molecule has 82 valence electrons. The molecule has 0 aromatic carbocycles. The van der Waals surface area contributed by atoms with Gasteiger partial charge in [-0.25, -0.2) is 9.59 Å². The Labute approximate surface area is 78.0 Å². The van der Waals surface area contributed by atoms with Gasteiger partial charge in [-0.3, -0.25) is 4.79 Å². The molecule has 7 nitrogen and oxygen atoms in total. The first-order valence-electron chi connectivity index (χ1n) is 2.82. The van der Waals surface area contributed by atoms with E-state index in [1.54, 1.807) is 0 Å². The van der Waals surface area contributed by atoms with Crippen molar-refractivity contribution in [1.82, 2.24) is 0 Å². The van der Waals surface area contributed by atoms with E-state index in [0.717, 1.165) is 6.26 Å². The van der Waals surface area contributed by atoms with E-state index in [1.807, 2.05) is 0 Å². The number of esters is 1. The van der Waals surface area contributed by atoms with E-state index in [1.165, 1.54) is 6.92 Å². The van der Waals surface area contributed by atoms with Crippen molar-refractivity contribution in [2.45, 2.75) is 6.92 Å². The van der Waals surface area contributed by atoms with Gasteiger partial charge in [-0.1, -0.05) is 6.58 Å². The third kappa shape index (κ3) is 1010. The van der Waals surface area contributed by atoms with Crippen molar-refractivity contribution in [1.29, 1.82) is 0 Å². The van der Waals surface area contributed by atoms with Gasteiger partial charge < -0.3 is 20.1 Å². The first-order valence-corrected chi connectivity index (χ1v) is 2.82. The first-order chi connectivity index (χ1) is 6.23. The minimum absolute atomic E-state index is 0.329. The Hall–Kier alpha value is -2.12. The first kappa shape index (κ1) is 17.8. The Bertz CT molecular complexity index is 180. The summed E-state index contributed by atoms with van der Waals surface area (Å²) < 4.78 is 14.1. The molecule has 0 aliphatic carbocycles. The van der Waals surface area contributed by atoms with Crippen molar-refractivity contribution >= 4 is 18.3 Å². The molecule has 0 rings (SSSR count). The van der Waals surface area contributed by atoms with E-state index in [0.29, 0.717) is 0 Å². The van der Waals surface area contributed by atoms with E-state index < -0.39 is 12.4 Å². The van der Waals surface area contributed by atoms with Gasteiger partial charge >= 0.3 is 18.3 Å². The van der Waals surface area contributed by atoms with Gasteiger partial charge in [0, 0.05) is 6.92 Å². The number of carbonyl (C=O) groups is 3. The van der Waals surface area contributed by atoms with Crippen molar-refractivity contribution in [2.24, 2.45) is 0 Å². The molecule has 0 unspecified atom stereocenters. The van der Waals surface area contributed by atoms with Crippen LogP contribution in [0, 0.1) is 0 Å². The van der Waals surface area contributed by atoms with E-state index in [-0.39, 0.29) is 5.97 Å². The molecule has 0 amide bonds. The summed E-state index contributed by atoms with van der Waals surface area (Å²) in [6, 6.07) is 0. The largest absolute Gasteiger partial charge is 0.503 e. The highest BCUT2D eigenvalue weighted by molar-refractivity contribution is 5.66. The number of carbonyl (C=O) groups excluding carboxylic acids is 1. The zero-order valence-electron chi connectivity index (χ0n) is 7.14. The standard InChI is InChI=1S/C4H6O2.CHFO2.CH2O3/c1-3-6-4(2)5;2*2-1(3)4/h3H,1H2,2H3;(H,3,4);(H2,2,3,4). The summed E-state index contributed by atoms with van der Waals surface area (Å²) in [5.74, 6) is -0.329. The number of hydrogen-bond acceptors (Lipinski definition) is 4. The van der Waals surface area contributed by atoms with Gasteiger partial charge in [-0.15, -0.1) is 4.39 Å². The molecule has 14 heavy (non-hydrogen) atoms. The summed E-state index contributed by atoms with van der Waals surface area (Å²) in [6.07, 6.45) is -3.07. The zero-order valence-corrected chi connectivity index (χ0v) is 7.14. The van der Waals surface area contributed by atoms with Gasteiger partial charge in [0.15, 0.2) is 0 Å². The molecule has 0 aromatic rings. The third-order valence-electron chi connectivity index (χ3n) is 0.249. The van der Waals surface area contributed by atoms with Gasteiger partial charge in [-0.05, 0) is 0 Å². The van der Waals surface area contributed by atoms with Gasteiger partial charge in [0.25, 0.3) is 0 Å². The van der Waals surface area contributed by atoms with Crippen LogP contribution in [0.5, 0.6) is 0 Å². The molecule has 0 aliphatic rings. The number of rotatable bonds is 1. The number of halogens is 1. The lowest BCUT2D eigenvalue weighted by Gasteiger charge is -1.83. The Morgan fingerprint density at radius 3 is 1.50 bits per heavy atom. The molecule has 0 aliphatic heterocycles. The van der Waals surface area contributed by atoms with Gasteiger partial charge in [0.2, 0.25) is 0 Å². The lowest BCUT2D eigenvalue weighted by Crippen LogP contribution is -1.87. The molecular formula is C6H9FO7. The highest BCUT2D eigenvalue weighted by Gasteiger charge is 1.79. The second-order valence-electron chi connectivity index (χ2n) is 1.31. The van der Waals surface area contributed by atoms with E-state index in [4.69, 9.17) is 24.9 Å². The zero-order chi connectivity index (χ0) is 12.1. The maximum Gasteiger partial charge on any atom is 0.503 e. The molecule has 0 saturated carbocycles. The molecule has 0 saturated heterocycles. The average molecular weight is 212 g/mol. The van der Waals surface area contributed by atoms with Crippen molar-refractivity contribution in [2.75, 3.05) is 0 Å². The molecular weight excluding hydrogens is 203 g/mol. The summed E-state index contributed by atoms with van der Waals surface area (Å²) in [5.41, 5.74) is 0. The van der Waals surface area contributed by atoms with Crippen molar-refractivity contribution in [3.8, 4) is 0 Å². The van der Waals surface area contributed by atoms with Crippen molar-refractivity contribution in [3.05, 3.63) is 12.8 Å². The highest BCUT2D eigenvalue weighted by atomic mass is 19.1. The molecule has 0 fully saturated rings. The smallest absolute Gasteiger partial charge is 0.456 e. The molecule has 0 spiro atoms. The fourth-order valence-corrected chi connectivity index (χ4v) is 0.117. The predicted molar refractivity (Wildman–Crippen MR) is 41.7 cm³/mol. The number of carboxylic acid groups (broad SMARTS) is 3. The van der Waals surface area contributed by atoms with Crippen molar-refractivity contribution < 1.29 is 38.8 Å². The lowest BCUT2D eigenvalue weighted by atomic mass is 10.8. The lowest BCUT2D eigenvalue weighted by molar-refractivity contribution is -0.135. The topological polar surface area (TPSA) is 121 Å². The van der Waals surface area contributed by atoms with Crippen LogP contribution in [0.4, 0.5) is 14.0 Å². The van der Waals surface area contributed by atoms with Crippen LogP contribution in [0.3, 0.4) is 0 Å². The van der Waals surface area contributed by atoms with Gasteiger partial charge in [0.05, 0.1) is 6.26 Å². The van der Waals surface area contributed by atoms with Crippen LogP contribution in [0.1, 0.15) is 6.92 Å². The molecule has 0 radical (unpaired) electrons. The second kappa shape index (κ2) is 13.5. The van der Waals surface area contributed by atoms with Gasteiger partial charge in [-0.2, -0.15) is 0 Å². The maximum atomic E-state index is 9.92. The quantitative estimate of drug-likeness (QED) is 0.342. The molecule has 0 aromatic heterocycles. The molecule has 8 heteroatoms. The van der Waals surface area contributed by atoms with Crippen LogP contribution in [-0.4, -0.2) is 33.7 Å². The van der Waals surface area contributed by atoms with Crippen LogP contribution in [0.25, 0.3) is 0 Å². The van der Waals surface area contributed by atoms with Crippen molar-refractivity contribution in [3.63, 3.8) is 0 Å². The summed E-state index contributed by atoms with van der Waals surface area (Å²) >= 11 is 0. The minimum Gasteiger partial charge on any atom is -0.456 e. The van der Waals surface area contributed by atoms with E-state index in [2.05, 4.69) is 11.3 Å². The second-order valence-corrected chi connectivity index (χ2v) is 1.31. The Balaban J connectivity index is -0.000000135. The van der Waals surface area contributed by atoms with E-state index >= 15 is 0 Å². The Morgan fingerprint density at radius 1 is 1.29 bits per heavy atom. The normalized spacial score (nSPS) is 6.43. The van der Waals surface area contributed by atoms with E-state index in [9.17, 15) is 9.18 Å². The van der Waals surface area contributed by atoms with Crippen LogP contribution in [-0.2, 0) is 9.53 Å². The Morgan fingerprint density at radius 2 is 1.50 bits per heavy atom. The SMILES string of the molecule is C=COC(C)=O.O=C(O)F.O=C(O)O. The molecule has 0 atom stereocenters. The maximum absolute atomic E-state index is 9.92. The summed E-state index contributed by atoms with van der Waals surface area (Å²) in [7, 11) is 0. The van der Waals surface area contributed by atoms with Crippen LogP contribution >= 0.6 is 0 Å². The summed E-state index contributed by atoms with van der Waals surface area (Å²) in [4.78, 5) is 26.6. The van der Waals surface area contributed by atoms with Crippen LogP contribution in [0.2, 0.25) is 0 Å². The number of hydrogen-bond donors (Lipinski definition) is 3. The fourth-order valence-electron chi connectivity index (χ4n) is 0.117. The monoisotopic (exact) mass is 212 g/mol. The molecule has 3 N–H and O–H groups in total. The molecule has 0 bridgehead atoms. The Kier molecular flexibility index (Phi) is 17.2. The fraction of sp³-hybridized carbons (Fsp3) is 0.167. The van der Waals surface area contributed by atoms with Crippen LogP contribution in [0.15, 0.2) is 12.8 Å². The molecule has 0 heterocycles. The van der Waals surface area contributed by atoms with Crippen LogP contribution < -0.4 is 0 Å².